The number of carbonyl (C=O) groups excluding carboxylic acids is 1. The summed E-state index contributed by atoms with van der Waals surface area (Å²) in [4.78, 5) is 23.4. The monoisotopic (exact) mass is 293 g/mol. The summed E-state index contributed by atoms with van der Waals surface area (Å²) < 4.78 is 10.2. The Morgan fingerprint density at radius 3 is 2.57 bits per heavy atom. The van der Waals surface area contributed by atoms with Crippen molar-refractivity contribution >= 4 is 11.9 Å². The van der Waals surface area contributed by atoms with Gasteiger partial charge >= 0.3 is 5.97 Å². The van der Waals surface area contributed by atoms with Crippen molar-refractivity contribution in [3.05, 3.63) is 35.9 Å². The highest BCUT2D eigenvalue weighted by Crippen LogP contribution is 2.24. The molecule has 1 rings (SSSR count). The van der Waals surface area contributed by atoms with E-state index in [9.17, 15) is 9.59 Å². The molecule has 0 aliphatic heterocycles. The maximum absolute atomic E-state index is 12.2. The molecule has 0 fully saturated rings. The smallest absolute Gasteiger partial charge is 0.326 e. The van der Waals surface area contributed by atoms with Gasteiger partial charge in [0.1, 0.15) is 17.5 Å². The molecule has 0 aliphatic carbocycles. The summed E-state index contributed by atoms with van der Waals surface area (Å²) in [5.41, 5.74) is 0.226. The van der Waals surface area contributed by atoms with Gasteiger partial charge in [-0.15, -0.1) is 0 Å². The van der Waals surface area contributed by atoms with Gasteiger partial charge in [0, 0.05) is 0 Å². The average Bonchev–Trinajstić information content (AvgIpc) is 2.50. The number of allylic oxidation sites excluding steroid dienone is 1. The van der Waals surface area contributed by atoms with E-state index in [0.29, 0.717) is 11.5 Å². The number of carbonyl (C=O) groups is 2. The molecule has 0 bridgehead atoms. The lowest BCUT2D eigenvalue weighted by Crippen LogP contribution is -2.40. The van der Waals surface area contributed by atoms with Crippen LogP contribution in [0.1, 0.15) is 23.7 Å². The molecule has 1 unspecified atom stereocenters. The lowest BCUT2D eigenvalue weighted by molar-refractivity contribution is -0.139. The van der Waals surface area contributed by atoms with Crippen molar-refractivity contribution in [2.45, 2.75) is 19.4 Å². The Balaban J connectivity index is 2.98. The molecule has 114 valence electrons. The number of nitrogens with one attached hydrogen (secondary N) is 1. The van der Waals surface area contributed by atoms with Crippen LogP contribution in [0.25, 0.3) is 0 Å². The first-order valence-corrected chi connectivity index (χ1v) is 6.40. The summed E-state index contributed by atoms with van der Waals surface area (Å²) >= 11 is 0. The Labute approximate surface area is 123 Å². The van der Waals surface area contributed by atoms with Crippen LogP contribution in [0.15, 0.2) is 30.4 Å². The number of rotatable bonds is 7. The molecule has 0 saturated heterocycles. The number of amides is 1. The molecule has 1 amide bonds. The SMILES string of the molecule is C/C=C/CC(NC(=O)c1cc(OC)ccc1OC)C(=O)O. The Bertz CT molecular complexity index is 539. The topological polar surface area (TPSA) is 84.9 Å². The predicted octanol–water partition coefficient (Wildman–Crippen LogP) is 1.85. The summed E-state index contributed by atoms with van der Waals surface area (Å²) in [5, 5.41) is 11.6. The first-order chi connectivity index (χ1) is 10.0. The van der Waals surface area contributed by atoms with Crippen LogP contribution in [0, 0.1) is 0 Å². The lowest BCUT2D eigenvalue weighted by Gasteiger charge is -2.15. The van der Waals surface area contributed by atoms with E-state index in [4.69, 9.17) is 14.6 Å². The maximum Gasteiger partial charge on any atom is 0.326 e. The Kier molecular flexibility index (Phi) is 6.26. The zero-order valence-electron chi connectivity index (χ0n) is 12.3. The van der Waals surface area contributed by atoms with Gasteiger partial charge in [0.15, 0.2) is 0 Å². The fourth-order valence-electron chi connectivity index (χ4n) is 1.72. The van der Waals surface area contributed by atoms with E-state index in [1.807, 2.05) is 0 Å². The highest BCUT2D eigenvalue weighted by molar-refractivity contribution is 5.99. The second-order valence-corrected chi connectivity index (χ2v) is 4.24. The highest BCUT2D eigenvalue weighted by Gasteiger charge is 2.21. The molecule has 2 N–H and O–H groups in total. The molecule has 0 aliphatic rings. The fraction of sp³-hybridized carbons (Fsp3) is 0.333. The van der Waals surface area contributed by atoms with Crippen molar-refractivity contribution in [3.63, 3.8) is 0 Å². The Morgan fingerprint density at radius 2 is 2.05 bits per heavy atom. The van der Waals surface area contributed by atoms with Crippen molar-refractivity contribution in [2.75, 3.05) is 14.2 Å². The zero-order chi connectivity index (χ0) is 15.8. The first kappa shape index (κ1) is 16.6. The van der Waals surface area contributed by atoms with Gasteiger partial charge in [0.25, 0.3) is 5.91 Å². The van der Waals surface area contributed by atoms with Crippen LogP contribution in [0.2, 0.25) is 0 Å². The van der Waals surface area contributed by atoms with Gasteiger partial charge < -0.3 is 19.9 Å². The quantitative estimate of drug-likeness (QED) is 0.749. The van der Waals surface area contributed by atoms with Crippen LogP contribution in [0.4, 0.5) is 0 Å². The van der Waals surface area contributed by atoms with E-state index >= 15 is 0 Å². The minimum absolute atomic E-state index is 0.212. The van der Waals surface area contributed by atoms with Crippen LogP contribution in [0.3, 0.4) is 0 Å². The van der Waals surface area contributed by atoms with Gasteiger partial charge in [-0.2, -0.15) is 0 Å². The fourth-order valence-corrected chi connectivity index (χ4v) is 1.72. The third kappa shape index (κ3) is 4.52. The standard InChI is InChI=1S/C15H19NO5/c1-4-5-6-12(15(18)19)16-14(17)11-9-10(20-2)7-8-13(11)21-3/h4-5,7-9,12H,6H2,1-3H3,(H,16,17)(H,18,19)/b5-4+. The van der Waals surface area contributed by atoms with Crippen LogP contribution in [-0.4, -0.2) is 37.2 Å². The van der Waals surface area contributed by atoms with Crippen molar-refractivity contribution in [1.82, 2.24) is 5.32 Å². The van der Waals surface area contributed by atoms with Gasteiger partial charge in [-0.3, -0.25) is 4.79 Å². The second kappa shape index (κ2) is 7.94. The molecular weight excluding hydrogens is 274 g/mol. The van der Waals surface area contributed by atoms with E-state index in [0.717, 1.165) is 0 Å². The summed E-state index contributed by atoms with van der Waals surface area (Å²) in [5.74, 6) is -0.782. The van der Waals surface area contributed by atoms with E-state index in [2.05, 4.69) is 5.32 Å². The lowest BCUT2D eigenvalue weighted by atomic mass is 10.1. The number of aliphatic carboxylic acids is 1. The van der Waals surface area contributed by atoms with Crippen LogP contribution >= 0.6 is 0 Å². The minimum Gasteiger partial charge on any atom is -0.497 e. The number of methoxy groups -OCH3 is 2. The Morgan fingerprint density at radius 1 is 1.33 bits per heavy atom. The molecule has 1 atom stereocenters. The maximum atomic E-state index is 12.2. The normalized spacial score (nSPS) is 12.0. The van der Waals surface area contributed by atoms with Gasteiger partial charge in [-0.1, -0.05) is 12.2 Å². The number of hydrogen-bond acceptors (Lipinski definition) is 4. The molecule has 0 spiro atoms. The molecule has 1 aromatic rings. The average molecular weight is 293 g/mol. The highest BCUT2D eigenvalue weighted by atomic mass is 16.5. The summed E-state index contributed by atoms with van der Waals surface area (Å²) in [6.45, 7) is 1.78. The van der Waals surface area contributed by atoms with Crippen molar-refractivity contribution in [2.24, 2.45) is 0 Å². The summed E-state index contributed by atoms with van der Waals surface area (Å²) in [6, 6.07) is 3.76. The molecule has 6 nitrogen and oxygen atoms in total. The first-order valence-electron chi connectivity index (χ1n) is 6.40. The van der Waals surface area contributed by atoms with E-state index < -0.39 is 17.9 Å². The number of benzene rings is 1. The second-order valence-electron chi connectivity index (χ2n) is 4.24. The molecule has 1 aromatic carbocycles. The van der Waals surface area contributed by atoms with Crippen LogP contribution in [0.5, 0.6) is 11.5 Å². The van der Waals surface area contributed by atoms with Gasteiger partial charge in [-0.05, 0) is 31.5 Å². The largest absolute Gasteiger partial charge is 0.497 e. The molecule has 21 heavy (non-hydrogen) atoms. The minimum atomic E-state index is -1.09. The third-order valence-electron chi connectivity index (χ3n) is 2.86. The number of carboxylic acid groups (broad SMARTS) is 1. The summed E-state index contributed by atoms with van der Waals surface area (Å²) in [7, 11) is 2.92. The van der Waals surface area contributed by atoms with Crippen molar-refractivity contribution < 1.29 is 24.2 Å². The van der Waals surface area contributed by atoms with E-state index in [1.54, 1.807) is 31.2 Å². The van der Waals surface area contributed by atoms with E-state index in [-0.39, 0.29) is 12.0 Å². The molecule has 0 aromatic heterocycles. The number of carboxylic acids is 1. The third-order valence-corrected chi connectivity index (χ3v) is 2.86. The summed E-state index contributed by atoms with van der Waals surface area (Å²) in [6.07, 6.45) is 3.62. The molecule has 0 radical (unpaired) electrons. The number of ether oxygens (including phenoxy) is 2. The van der Waals surface area contributed by atoms with Crippen molar-refractivity contribution in [3.8, 4) is 11.5 Å². The van der Waals surface area contributed by atoms with E-state index in [1.165, 1.54) is 20.3 Å². The molecule has 0 heterocycles. The number of hydrogen-bond donors (Lipinski definition) is 2. The molecular formula is C15H19NO5. The van der Waals surface area contributed by atoms with Gasteiger partial charge in [0.05, 0.1) is 19.8 Å². The van der Waals surface area contributed by atoms with Gasteiger partial charge in [-0.25, -0.2) is 4.79 Å². The van der Waals surface area contributed by atoms with Crippen molar-refractivity contribution in [1.29, 1.82) is 0 Å². The van der Waals surface area contributed by atoms with Crippen LogP contribution < -0.4 is 14.8 Å². The zero-order valence-corrected chi connectivity index (χ0v) is 12.3. The van der Waals surface area contributed by atoms with Crippen LogP contribution in [-0.2, 0) is 4.79 Å². The van der Waals surface area contributed by atoms with Gasteiger partial charge in [0.2, 0.25) is 0 Å². The Hall–Kier alpha value is -2.50. The molecule has 6 heteroatoms. The predicted molar refractivity (Wildman–Crippen MR) is 77.9 cm³/mol. The molecule has 0 saturated carbocycles.